The van der Waals surface area contributed by atoms with Crippen LogP contribution in [-0.4, -0.2) is 41.1 Å². The van der Waals surface area contributed by atoms with Crippen LogP contribution in [0.25, 0.3) is 11.3 Å². The van der Waals surface area contributed by atoms with E-state index in [1.807, 2.05) is 37.3 Å². The molecule has 31 heavy (non-hydrogen) atoms. The maximum Gasteiger partial charge on any atom is 0.247 e. The zero-order valence-electron chi connectivity index (χ0n) is 17.7. The van der Waals surface area contributed by atoms with Crippen molar-refractivity contribution in [2.75, 3.05) is 24.9 Å². The highest BCUT2D eigenvalue weighted by molar-refractivity contribution is 7.99. The molecule has 3 aromatic rings. The summed E-state index contributed by atoms with van der Waals surface area (Å²) in [5.41, 5.74) is 2.51. The van der Waals surface area contributed by atoms with Gasteiger partial charge in [0, 0.05) is 18.6 Å². The number of aromatic nitrogens is 3. The van der Waals surface area contributed by atoms with E-state index in [4.69, 9.17) is 14.2 Å². The van der Waals surface area contributed by atoms with Gasteiger partial charge in [0.05, 0.1) is 25.5 Å². The SMILES string of the molecule is CCSc1nnc2c(n1)O[C@H](c1ccc(OC)cc1OC)N(C(C)=O)c1ccccc1-2. The molecule has 0 radical (unpaired) electrons. The van der Waals surface area contributed by atoms with Crippen LogP contribution in [0.5, 0.6) is 17.4 Å². The molecule has 1 amide bonds. The topological polar surface area (TPSA) is 86.7 Å². The highest BCUT2D eigenvalue weighted by atomic mass is 32.2. The number of fused-ring (bicyclic) bond motifs is 3. The largest absolute Gasteiger partial charge is 0.497 e. The molecule has 0 saturated carbocycles. The van der Waals surface area contributed by atoms with E-state index in [0.717, 1.165) is 11.3 Å². The van der Waals surface area contributed by atoms with Gasteiger partial charge in [0.2, 0.25) is 23.2 Å². The van der Waals surface area contributed by atoms with Crippen LogP contribution in [-0.2, 0) is 4.79 Å². The van der Waals surface area contributed by atoms with E-state index in [-0.39, 0.29) is 5.91 Å². The average Bonchev–Trinajstić information content (AvgIpc) is 2.93. The first kappa shape index (κ1) is 20.9. The first-order valence-electron chi connectivity index (χ1n) is 9.72. The second-order valence-electron chi connectivity index (χ2n) is 6.67. The fraction of sp³-hybridized carbons (Fsp3) is 0.273. The van der Waals surface area contributed by atoms with E-state index < -0.39 is 6.23 Å². The summed E-state index contributed by atoms with van der Waals surface area (Å²) in [7, 11) is 3.15. The zero-order valence-corrected chi connectivity index (χ0v) is 18.5. The van der Waals surface area contributed by atoms with Crippen LogP contribution >= 0.6 is 11.8 Å². The number of carbonyl (C=O) groups excluding carboxylic acids is 1. The van der Waals surface area contributed by atoms with E-state index in [0.29, 0.717) is 39.5 Å². The van der Waals surface area contributed by atoms with Crippen LogP contribution in [0.15, 0.2) is 47.6 Å². The summed E-state index contributed by atoms with van der Waals surface area (Å²) in [6.07, 6.45) is -0.822. The number of rotatable bonds is 5. The molecular weight excluding hydrogens is 416 g/mol. The lowest BCUT2D eigenvalue weighted by Gasteiger charge is -2.30. The number of hydrogen-bond acceptors (Lipinski definition) is 8. The van der Waals surface area contributed by atoms with Gasteiger partial charge >= 0.3 is 0 Å². The minimum absolute atomic E-state index is 0.195. The number of amides is 1. The fourth-order valence-electron chi connectivity index (χ4n) is 3.47. The molecule has 9 heteroatoms. The summed E-state index contributed by atoms with van der Waals surface area (Å²) in [6.45, 7) is 3.51. The van der Waals surface area contributed by atoms with Crippen molar-refractivity contribution >= 4 is 23.4 Å². The molecule has 2 aromatic carbocycles. The van der Waals surface area contributed by atoms with Crippen LogP contribution in [0.1, 0.15) is 25.6 Å². The number of para-hydroxylation sites is 1. The van der Waals surface area contributed by atoms with Crippen molar-refractivity contribution in [1.29, 1.82) is 0 Å². The smallest absolute Gasteiger partial charge is 0.247 e. The molecule has 0 N–H and O–H groups in total. The molecule has 1 aliphatic rings. The molecule has 1 aliphatic heterocycles. The van der Waals surface area contributed by atoms with Gasteiger partial charge in [0.15, 0.2) is 5.69 Å². The first-order valence-corrected chi connectivity index (χ1v) is 10.7. The van der Waals surface area contributed by atoms with Gasteiger partial charge < -0.3 is 14.2 Å². The van der Waals surface area contributed by atoms with E-state index in [9.17, 15) is 4.79 Å². The molecule has 1 aromatic heterocycles. The van der Waals surface area contributed by atoms with Crippen LogP contribution in [0.3, 0.4) is 0 Å². The van der Waals surface area contributed by atoms with Crippen LogP contribution in [0.4, 0.5) is 5.69 Å². The van der Waals surface area contributed by atoms with Gasteiger partial charge in [-0.2, -0.15) is 4.98 Å². The third-order valence-corrected chi connectivity index (χ3v) is 5.55. The highest BCUT2D eigenvalue weighted by Crippen LogP contribution is 2.45. The Bertz CT molecular complexity index is 1120. The molecule has 0 spiro atoms. The molecular formula is C22H22N4O4S. The van der Waals surface area contributed by atoms with Gasteiger partial charge in [-0.1, -0.05) is 36.9 Å². The Labute approximate surface area is 184 Å². The second-order valence-corrected chi connectivity index (χ2v) is 7.90. The molecule has 160 valence electrons. The Morgan fingerprint density at radius 2 is 1.97 bits per heavy atom. The van der Waals surface area contributed by atoms with E-state index >= 15 is 0 Å². The number of hydrogen-bond donors (Lipinski definition) is 0. The lowest BCUT2D eigenvalue weighted by atomic mass is 10.1. The lowest BCUT2D eigenvalue weighted by Crippen LogP contribution is -2.36. The van der Waals surface area contributed by atoms with Gasteiger partial charge in [0.25, 0.3) is 0 Å². The third kappa shape index (κ3) is 3.88. The van der Waals surface area contributed by atoms with Crippen molar-refractivity contribution in [3.05, 3.63) is 48.0 Å². The van der Waals surface area contributed by atoms with E-state index in [2.05, 4.69) is 15.2 Å². The summed E-state index contributed by atoms with van der Waals surface area (Å²) in [5, 5.41) is 9.12. The van der Waals surface area contributed by atoms with Crippen LogP contribution in [0.2, 0.25) is 0 Å². The molecule has 0 bridgehead atoms. The Kier molecular flexibility index (Phi) is 5.94. The van der Waals surface area contributed by atoms with E-state index in [1.165, 1.54) is 18.7 Å². The third-order valence-electron chi connectivity index (χ3n) is 4.83. The number of methoxy groups -OCH3 is 2. The number of carbonyl (C=O) groups is 1. The molecule has 0 fully saturated rings. The van der Waals surface area contributed by atoms with Crippen LogP contribution in [0, 0.1) is 0 Å². The van der Waals surface area contributed by atoms with Crippen molar-refractivity contribution < 1.29 is 19.0 Å². The monoisotopic (exact) mass is 438 g/mol. The normalized spacial score (nSPS) is 14.7. The molecule has 2 heterocycles. The summed E-state index contributed by atoms with van der Waals surface area (Å²) >= 11 is 1.47. The quantitative estimate of drug-likeness (QED) is 0.550. The Morgan fingerprint density at radius 1 is 1.16 bits per heavy atom. The van der Waals surface area contributed by atoms with Gasteiger partial charge in [-0.25, -0.2) is 0 Å². The maximum absolute atomic E-state index is 12.9. The predicted molar refractivity (Wildman–Crippen MR) is 118 cm³/mol. The molecule has 0 aliphatic carbocycles. The molecule has 0 unspecified atom stereocenters. The summed E-state index contributed by atoms with van der Waals surface area (Å²) in [6, 6.07) is 12.9. The second kappa shape index (κ2) is 8.81. The molecule has 8 nitrogen and oxygen atoms in total. The van der Waals surface area contributed by atoms with Crippen molar-refractivity contribution in [3.8, 4) is 28.6 Å². The van der Waals surface area contributed by atoms with Gasteiger partial charge in [-0.15, -0.1) is 10.2 Å². The van der Waals surface area contributed by atoms with Crippen molar-refractivity contribution in [3.63, 3.8) is 0 Å². The Morgan fingerprint density at radius 3 is 2.68 bits per heavy atom. The summed E-state index contributed by atoms with van der Waals surface area (Å²) in [4.78, 5) is 19.0. The summed E-state index contributed by atoms with van der Waals surface area (Å²) in [5.74, 6) is 2.08. The Balaban J connectivity index is 1.95. The van der Waals surface area contributed by atoms with Crippen LogP contribution < -0.4 is 19.1 Å². The standard InChI is InChI=1S/C22H22N4O4S/c1-5-31-22-23-20-19(24-25-22)15-8-6-7-9-17(15)26(13(2)27)21(30-20)16-11-10-14(28-3)12-18(16)29-4/h6-12,21H,5H2,1-4H3/t21-/m1/s1. The predicted octanol–water partition coefficient (Wildman–Crippen LogP) is 4.11. The van der Waals surface area contributed by atoms with E-state index in [1.54, 1.807) is 31.3 Å². The minimum Gasteiger partial charge on any atom is -0.497 e. The highest BCUT2D eigenvalue weighted by Gasteiger charge is 2.36. The number of thioether (sulfide) groups is 1. The van der Waals surface area contributed by atoms with Crippen molar-refractivity contribution in [2.45, 2.75) is 25.2 Å². The number of ether oxygens (including phenoxy) is 3. The minimum atomic E-state index is -0.822. The van der Waals surface area contributed by atoms with Crippen molar-refractivity contribution in [2.24, 2.45) is 0 Å². The van der Waals surface area contributed by atoms with Gasteiger partial charge in [-0.3, -0.25) is 9.69 Å². The summed E-state index contributed by atoms with van der Waals surface area (Å²) < 4.78 is 17.3. The number of benzene rings is 2. The Hall–Kier alpha value is -3.33. The van der Waals surface area contributed by atoms with Crippen molar-refractivity contribution in [1.82, 2.24) is 15.2 Å². The van der Waals surface area contributed by atoms with Gasteiger partial charge in [0.1, 0.15) is 11.5 Å². The maximum atomic E-state index is 12.9. The molecule has 4 rings (SSSR count). The zero-order chi connectivity index (χ0) is 22.0. The lowest BCUT2D eigenvalue weighted by molar-refractivity contribution is -0.118. The van der Waals surface area contributed by atoms with Gasteiger partial charge in [-0.05, 0) is 24.0 Å². The molecule has 1 atom stereocenters. The molecule has 0 saturated heterocycles. The fourth-order valence-corrected chi connectivity index (χ4v) is 3.97. The first-order chi connectivity index (χ1) is 15.1. The number of nitrogens with zero attached hydrogens (tertiary/aromatic N) is 4. The average molecular weight is 439 g/mol. The number of anilines is 1.